The van der Waals surface area contributed by atoms with E-state index >= 15 is 0 Å². The predicted molar refractivity (Wildman–Crippen MR) is 87.0 cm³/mol. The molecule has 2 aromatic rings. The highest BCUT2D eigenvalue weighted by molar-refractivity contribution is 6.01. The first-order valence-electron chi connectivity index (χ1n) is 6.96. The summed E-state index contributed by atoms with van der Waals surface area (Å²) in [6.07, 6.45) is 4.95. The van der Waals surface area contributed by atoms with Gasteiger partial charge in [-0.15, -0.1) is 0 Å². The third kappa shape index (κ3) is 4.56. The first-order chi connectivity index (χ1) is 9.95. The molecule has 1 aromatic carbocycles. The number of nitrogens with one attached hydrogen (secondary N) is 1. The number of nitrogens with zero attached hydrogens (tertiary/aromatic N) is 1. The van der Waals surface area contributed by atoms with E-state index < -0.39 is 0 Å². The molecule has 21 heavy (non-hydrogen) atoms. The molecular formula is C18H20N2O. The Labute approximate surface area is 125 Å². The number of amides is 1. The largest absolute Gasteiger partial charge is 0.307 e. The van der Waals surface area contributed by atoms with Crippen LogP contribution in [0.2, 0.25) is 0 Å². The van der Waals surface area contributed by atoms with Crippen LogP contribution in [0.3, 0.4) is 0 Å². The van der Waals surface area contributed by atoms with E-state index in [0.717, 1.165) is 5.56 Å². The first kappa shape index (κ1) is 15.0. The van der Waals surface area contributed by atoms with Crippen LogP contribution >= 0.6 is 0 Å². The molecule has 0 unspecified atom stereocenters. The third-order valence-electron chi connectivity index (χ3n) is 3.12. The maximum Gasteiger partial charge on any atom is 0.249 e. The monoisotopic (exact) mass is 280 g/mol. The van der Waals surface area contributed by atoms with Crippen LogP contribution in [-0.4, -0.2) is 10.9 Å². The Morgan fingerprint density at radius 1 is 1.10 bits per heavy atom. The number of carbonyl (C=O) groups is 1. The number of carbonyl (C=O) groups excluding carboxylic acids is 1. The predicted octanol–water partition coefficient (Wildman–Crippen LogP) is 4.03. The SMILES string of the molecule is CC(C)(C)c1ccc(/C=C/C(=O)Nc2ccccn2)cc1. The number of pyridine rings is 1. The van der Waals surface area contributed by atoms with Gasteiger partial charge in [-0.2, -0.15) is 0 Å². The minimum atomic E-state index is -0.186. The van der Waals surface area contributed by atoms with Crippen LogP contribution in [0.4, 0.5) is 5.82 Å². The van der Waals surface area contributed by atoms with Crippen LogP contribution in [0.25, 0.3) is 6.08 Å². The van der Waals surface area contributed by atoms with Gasteiger partial charge < -0.3 is 5.32 Å². The van der Waals surface area contributed by atoms with Gasteiger partial charge in [0, 0.05) is 12.3 Å². The van der Waals surface area contributed by atoms with Gasteiger partial charge in [0.2, 0.25) is 5.91 Å². The average molecular weight is 280 g/mol. The molecule has 0 atom stereocenters. The number of anilines is 1. The van der Waals surface area contributed by atoms with Gasteiger partial charge in [-0.1, -0.05) is 51.1 Å². The van der Waals surface area contributed by atoms with Crippen LogP contribution in [0.5, 0.6) is 0 Å². The molecule has 2 rings (SSSR count). The Morgan fingerprint density at radius 2 is 1.81 bits per heavy atom. The van der Waals surface area contributed by atoms with Crippen LogP contribution in [0.15, 0.2) is 54.7 Å². The van der Waals surface area contributed by atoms with Crippen molar-refractivity contribution in [1.29, 1.82) is 0 Å². The Kier molecular flexibility index (Phi) is 4.53. The van der Waals surface area contributed by atoms with Gasteiger partial charge in [-0.25, -0.2) is 4.98 Å². The highest BCUT2D eigenvalue weighted by Gasteiger charge is 2.12. The third-order valence-corrected chi connectivity index (χ3v) is 3.12. The fourth-order valence-electron chi connectivity index (χ4n) is 1.87. The molecule has 1 aromatic heterocycles. The molecule has 0 aliphatic rings. The highest BCUT2D eigenvalue weighted by Crippen LogP contribution is 2.22. The summed E-state index contributed by atoms with van der Waals surface area (Å²) in [5, 5.41) is 2.71. The molecule has 0 saturated heterocycles. The molecule has 0 fully saturated rings. The summed E-state index contributed by atoms with van der Waals surface area (Å²) in [6, 6.07) is 13.6. The number of rotatable bonds is 3. The molecule has 0 aliphatic carbocycles. The van der Waals surface area contributed by atoms with Gasteiger partial charge in [0.1, 0.15) is 5.82 Å². The van der Waals surface area contributed by atoms with E-state index in [4.69, 9.17) is 0 Å². The standard InChI is InChI=1S/C18H20N2O/c1-18(2,3)15-10-7-14(8-11-15)9-12-17(21)20-16-6-4-5-13-19-16/h4-13H,1-3H3,(H,19,20,21)/b12-9+. The van der Waals surface area contributed by atoms with Gasteiger partial charge in [0.05, 0.1) is 0 Å². The minimum absolute atomic E-state index is 0.137. The van der Waals surface area contributed by atoms with E-state index in [9.17, 15) is 4.79 Å². The van der Waals surface area contributed by atoms with Crippen LogP contribution in [0, 0.1) is 0 Å². The Morgan fingerprint density at radius 3 is 2.38 bits per heavy atom. The summed E-state index contributed by atoms with van der Waals surface area (Å²) in [5.74, 6) is 0.365. The van der Waals surface area contributed by atoms with Crippen molar-refractivity contribution in [1.82, 2.24) is 4.98 Å². The van der Waals surface area contributed by atoms with Crippen LogP contribution in [0.1, 0.15) is 31.9 Å². The van der Waals surface area contributed by atoms with Crippen molar-refractivity contribution in [2.24, 2.45) is 0 Å². The fourth-order valence-corrected chi connectivity index (χ4v) is 1.87. The van der Waals surface area contributed by atoms with Gasteiger partial charge in [-0.05, 0) is 34.8 Å². The average Bonchev–Trinajstić information content (AvgIpc) is 2.46. The van der Waals surface area contributed by atoms with Crippen molar-refractivity contribution in [3.63, 3.8) is 0 Å². The maximum atomic E-state index is 11.8. The molecule has 1 heterocycles. The van der Waals surface area contributed by atoms with Crippen molar-refractivity contribution < 1.29 is 4.79 Å². The van der Waals surface area contributed by atoms with Gasteiger partial charge in [-0.3, -0.25) is 4.79 Å². The lowest BCUT2D eigenvalue weighted by Gasteiger charge is -2.18. The summed E-state index contributed by atoms with van der Waals surface area (Å²) in [5.41, 5.74) is 2.41. The zero-order valence-corrected chi connectivity index (χ0v) is 12.6. The van der Waals surface area contributed by atoms with Gasteiger partial charge in [0.25, 0.3) is 0 Å². The smallest absolute Gasteiger partial charge is 0.249 e. The quantitative estimate of drug-likeness (QED) is 0.862. The van der Waals surface area contributed by atoms with E-state index in [1.165, 1.54) is 11.6 Å². The molecule has 0 spiro atoms. The minimum Gasteiger partial charge on any atom is -0.307 e. The lowest BCUT2D eigenvalue weighted by Crippen LogP contribution is -2.10. The number of benzene rings is 1. The lowest BCUT2D eigenvalue weighted by molar-refractivity contribution is -0.111. The number of hydrogen-bond acceptors (Lipinski definition) is 2. The molecule has 108 valence electrons. The van der Waals surface area contributed by atoms with Crippen LogP contribution < -0.4 is 5.32 Å². The number of aromatic nitrogens is 1. The normalized spacial score (nSPS) is 11.6. The molecule has 1 amide bonds. The van der Waals surface area contributed by atoms with Crippen molar-refractivity contribution in [3.05, 3.63) is 65.9 Å². The summed E-state index contributed by atoms with van der Waals surface area (Å²) < 4.78 is 0. The second-order valence-corrected chi connectivity index (χ2v) is 5.91. The highest BCUT2D eigenvalue weighted by atomic mass is 16.1. The molecular weight excluding hydrogens is 260 g/mol. The van der Waals surface area contributed by atoms with Gasteiger partial charge >= 0.3 is 0 Å². The Balaban J connectivity index is 1.99. The lowest BCUT2D eigenvalue weighted by atomic mass is 9.87. The van der Waals surface area contributed by atoms with E-state index in [1.807, 2.05) is 24.3 Å². The van der Waals surface area contributed by atoms with E-state index in [1.54, 1.807) is 18.3 Å². The maximum absolute atomic E-state index is 11.8. The van der Waals surface area contributed by atoms with Crippen molar-refractivity contribution >= 4 is 17.8 Å². The first-order valence-corrected chi connectivity index (χ1v) is 6.96. The molecule has 0 aliphatic heterocycles. The second-order valence-electron chi connectivity index (χ2n) is 5.91. The summed E-state index contributed by atoms with van der Waals surface area (Å²) in [4.78, 5) is 15.8. The van der Waals surface area contributed by atoms with E-state index in [0.29, 0.717) is 5.82 Å². The van der Waals surface area contributed by atoms with E-state index in [-0.39, 0.29) is 11.3 Å². The van der Waals surface area contributed by atoms with E-state index in [2.05, 4.69) is 43.2 Å². The van der Waals surface area contributed by atoms with Gasteiger partial charge in [0.15, 0.2) is 0 Å². The fraction of sp³-hybridized carbons (Fsp3) is 0.222. The molecule has 0 bridgehead atoms. The summed E-state index contributed by atoms with van der Waals surface area (Å²) in [6.45, 7) is 6.54. The zero-order valence-electron chi connectivity index (χ0n) is 12.6. The Bertz CT molecular complexity index is 623. The van der Waals surface area contributed by atoms with Crippen LogP contribution in [-0.2, 0) is 10.2 Å². The molecule has 0 radical (unpaired) electrons. The second kappa shape index (κ2) is 6.35. The topological polar surface area (TPSA) is 42.0 Å². The Hall–Kier alpha value is -2.42. The van der Waals surface area contributed by atoms with Crippen molar-refractivity contribution in [2.75, 3.05) is 5.32 Å². The number of hydrogen-bond donors (Lipinski definition) is 1. The van der Waals surface area contributed by atoms with Crippen molar-refractivity contribution in [2.45, 2.75) is 26.2 Å². The molecule has 3 nitrogen and oxygen atoms in total. The molecule has 0 saturated carbocycles. The molecule has 3 heteroatoms. The van der Waals surface area contributed by atoms with Crippen molar-refractivity contribution in [3.8, 4) is 0 Å². The molecule has 1 N–H and O–H groups in total. The zero-order chi connectivity index (χ0) is 15.3. The summed E-state index contributed by atoms with van der Waals surface area (Å²) in [7, 11) is 0. The summed E-state index contributed by atoms with van der Waals surface area (Å²) >= 11 is 0.